The van der Waals surface area contributed by atoms with E-state index in [9.17, 15) is 19.6 Å². The van der Waals surface area contributed by atoms with E-state index in [0.717, 1.165) is 0 Å². The van der Waals surface area contributed by atoms with Crippen LogP contribution in [0.15, 0.2) is 29.1 Å². The Morgan fingerprint density at radius 3 is 2.64 bits per heavy atom. The quantitative estimate of drug-likeness (QED) is 0.421. The van der Waals surface area contributed by atoms with Gasteiger partial charge in [-0.3, -0.25) is 24.2 Å². The van der Waals surface area contributed by atoms with Gasteiger partial charge >= 0.3 is 11.8 Å². The maximum Gasteiger partial charge on any atom is 0.327 e. The van der Waals surface area contributed by atoms with E-state index in [1.807, 2.05) is 0 Å². The Morgan fingerprint density at radius 1 is 1.25 bits per heavy atom. The van der Waals surface area contributed by atoms with E-state index >= 15 is 0 Å². The zero-order valence-corrected chi connectivity index (χ0v) is 15.5. The number of fused-ring (bicyclic) bond motifs is 3. The van der Waals surface area contributed by atoms with Crippen LogP contribution in [0.2, 0.25) is 0 Å². The van der Waals surface area contributed by atoms with Crippen LogP contribution in [-0.4, -0.2) is 27.2 Å². The minimum absolute atomic E-state index is 0.178. The molecule has 0 aliphatic carbocycles. The van der Waals surface area contributed by atoms with Gasteiger partial charge in [-0.05, 0) is 38.5 Å². The molecule has 0 bridgehead atoms. The number of imidazole rings is 1. The van der Waals surface area contributed by atoms with Crippen molar-refractivity contribution in [2.45, 2.75) is 26.8 Å². The Balaban J connectivity index is 2.06. The number of amides is 2. The molecule has 142 valence electrons. The normalized spacial score (nSPS) is 11.6. The van der Waals surface area contributed by atoms with Crippen molar-refractivity contribution in [3.63, 3.8) is 0 Å². The van der Waals surface area contributed by atoms with Crippen molar-refractivity contribution in [2.75, 3.05) is 0 Å². The number of benzene rings is 1. The van der Waals surface area contributed by atoms with E-state index in [1.165, 1.54) is 10.6 Å². The Labute approximate surface area is 159 Å². The van der Waals surface area contributed by atoms with Crippen molar-refractivity contribution in [1.29, 1.82) is 5.26 Å². The first-order chi connectivity index (χ1) is 13.3. The molecule has 0 aliphatic heterocycles. The zero-order chi connectivity index (χ0) is 20.4. The molecule has 0 saturated heterocycles. The minimum atomic E-state index is -0.898. The van der Waals surface area contributed by atoms with E-state index in [1.54, 1.807) is 45.0 Å². The molecule has 3 N–H and O–H groups in total. The van der Waals surface area contributed by atoms with Gasteiger partial charge in [0.25, 0.3) is 5.56 Å². The summed E-state index contributed by atoms with van der Waals surface area (Å²) in [7, 11) is 0. The minimum Gasteiger partial charge on any atom is -0.346 e. The first-order valence-electron chi connectivity index (χ1n) is 8.55. The van der Waals surface area contributed by atoms with Crippen LogP contribution in [0.1, 0.15) is 25.0 Å². The van der Waals surface area contributed by atoms with E-state index < -0.39 is 17.4 Å². The third-order valence-electron chi connectivity index (χ3n) is 4.14. The second-order valence-electron chi connectivity index (χ2n) is 6.46. The molecule has 0 saturated carbocycles. The number of carbonyl (C=O) groups is 2. The molecule has 0 atom stereocenters. The molecule has 9 heteroatoms. The summed E-state index contributed by atoms with van der Waals surface area (Å²) in [6, 6.07) is 8.96. The fourth-order valence-corrected chi connectivity index (χ4v) is 2.84. The molecule has 28 heavy (non-hydrogen) atoms. The Bertz CT molecular complexity index is 1250. The average Bonchev–Trinajstić information content (AvgIpc) is 3.03. The summed E-state index contributed by atoms with van der Waals surface area (Å²) in [5, 5.41) is 12.2. The van der Waals surface area contributed by atoms with Gasteiger partial charge in [0.2, 0.25) is 0 Å². The highest BCUT2D eigenvalue weighted by atomic mass is 16.2. The smallest absolute Gasteiger partial charge is 0.327 e. The lowest BCUT2D eigenvalue weighted by Crippen LogP contribution is -2.47. The molecule has 2 aromatic heterocycles. The van der Waals surface area contributed by atoms with Crippen molar-refractivity contribution < 1.29 is 9.59 Å². The molecule has 1 aromatic carbocycles. The summed E-state index contributed by atoms with van der Waals surface area (Å²) in [4.78, 5) is 40.8. The van der Waals surface area contributed by atoms with E-state index in [4.69, 9.17) is 0 Å². The van der Waals surface area contributed by atoms with Gasteiger partial charge in [0.05, 0.1) is 21.8 Å². The molecule has 0 aliphatic rings. The van der Waals surface area contributed by atoms with Crippen LogP contribution >= 0.6 is 0 Å². The van der Waals surface area contributed by atoms with Crippen LogP contribution in [0, 0.1) is 18.3 Å². The summed E-state index contributed by atoms with van der Waals surface area (Å²) in [5.74, 6) is -1.70. The van der Waals surface area contributed by atoms with Crippen LogP contribution in [-0.2, 0) is 9.59 Å². The third kappa shape index (κ3) is 3.23. The molecule has 9 nitrogen and oxygen atoms in total. The van der Waals surface area contributed by atoms with Crippen LogP contribution in [0.25, 0.3) is 22.9 Å². The number of hydrogen-bond acceptors (Lipinski definition) is 6. The lowest BCUT2D eigenvalue weighted by atomic mass is 10.1. The first kappa shape index (κ1) is 18.8. The molecule has 0 spiro atoms. The highest BCUT2D eigenvalue weighted by Crippen LogP contribution is 2.17. The lowest BCUT2D eigenvalue weighted by molar-refractivity contribution is -0.139. The highest BCUT2D eigenvalue weighted by Gasteiger charge is 2.16. The second-order valence-corrected chi connectivity index (χ2v) is 6.46. The van der Waals surface area contributed by atoms with Gasteiger partial charge in [0, 0.05) is 12.2 Å². The number of rotatable bonds is 3. The van der Waals surface area contributed by atoms with Crippen LogP contribution < -0.4 is 26.9 Å². The molecular formula is C19H18N6O3. The third-order valence-corrected chi connectivity index (χ3v) is 4.14. The molecule has 0 radical (unpaired) electrons. The summed E-state index contributed by atoms with van der Waals surface area (Å²) in [5.41, 5.74) is 6.41. The number of pyridine rings is 1. The van der Waals surface area contributed by atoms with Crippen molar-refractivity contribution in [2.24, 2.45) is 0 Å². The maximum absolute atomic E-state index is 13.0. The fourth-order valence-electron chi connectivity index (χ4n) is 2.84. The number of hydrogen-bond donors (Lipinski definition) is 3. The first-order valence-corrected chi connectivity index (χ1v) is 8.55. The number of aromatic nitrogens is 2. The predicted molar refractivity (Wildman–Crippen MR) is 103 cm³/mol. The predicted octanol–water partition coefficient (Wildman–Crippen LogP) is -0.370. The standard InChI is InChI=1S/C19H18N6O3/c1-10(2)22-17(26)18(27)24-21-9-13-11(3)12(8-20)16-23-14-6-4-5-7-15(14)25(16)19(13)28/h4-7,9-10,21H,1-3H3,(H,22,26)(H,24,27). The van der Waals surface area contributed by atoms with Gasteiger partial charge in [0.1, 0.15) is 6.07 Å². The van der Waals surface area contributed by atoms with Gasteiger partial charge in [-0.1, -0.05) is 12.1 Å². The van der Waals surface area contributed by atoms with Gasteiger partial charge in [0.15, 0.2) is 5.65 Å². The monoisotopic (exact) mass is 378 g/mol. The van der Waals surface area contributed by atoms with Crippen molar-refractivity contribution in [1.82, 2.24) is 25.6 Å². The number of nitriles is 1. The summed E-state index contributed by atoms with van der Waals surface area (Å²) >= 11 is 0. The van der Waals surface area contributed by atoms with E-state index in [-0.39, 0.29) is 22.5 Å². The molecule has 2 amide bonds. The molecule has 0 fully saturated rings. The van der Waals surface area contributed by atoms with Gasteiger partial charge in [-0.25, -0.2) is 4.98 Å². The highest BCUT2D eigenvalue weighted by molar-refractivity contribution is 6.35. The summed E-state index contributed by atoms with van der Waals surface area (Å²) < 4.78 is 1.36. The Kier molecular flexibility index (Phi) is 4.96. The number of carbonyl (C=O) groups excluding carboxylic acids is 2. The maximum atomic E-state index is 13.0. The number of nitrogens with zero attached hydrogens (tertiary/aromatic N) is 3. The number of nitrogens with one attached hydrogen (secondary N) is 3. The summed E-state index contributed by atoms with van der Waals surface area (Å²) in [6.07, 6.45) is 1.26. The zero-order valence-electron chi connectivity index (χ0n) is 15.5. The van der Waals surface area contributed by atoms with Gasteiger partial charge < -0.3 is 10.7 Å². The largest absolute Gasteiger partial charge is 0.346 e. The Morgan fingerprint density at radius 2 is 1.96 bits per heavy atom. The Hall–Kier alpha value is -3.93. The average molecular weight is 378 g/mol. The second kappa shape index (κ2) is 7.36. The fraction of sp³-hybridized carbons (Fsp3) is 0.211. The SMILES string of the molecule is Cc1c(C#N)c2nc3ccccc3n2c(=O)c1=CNNC(=O)C(=O)NC(C)C. The van der Waals surface area contributed by atoms with Gasteiger partial charge in [-0.15, -0.1) is 0 Å². The summed E-state index contributed by atoms with van der Waals surface area (Å²) in [6.45, 7) is 5.08. The molecule has 3 rings (SSSR count). The van der Waals surface area contributed by atoms with E-state index in [0.29, 0.717) is 16.6 Å². The van der Waals surface area contributed by atoms with Crippen molar-refractivity contribution in [3.8, 4) is 6.07 Å². The van der Waals surface area contributed by atoms with Gasteiger partial charge in [-0.2, -0.15) is 5.26 Å². The topological polar surface area (TPSA) is 128 Å². The molecule has 0 unspecified atom stereocenters. The van der Waals surface area contributed by atoms with Crippen molar-refractivity contribution >= 4 is 34.7 Å². The molecular weight excluding hydrogens is 360 g/mol. The number of hydrazine groups is 1. The number of para-hydroxylation sites is 2. The molecule has 3 aromatic rings. The van der Waals surface area contributed by atoms with Crippen molar-refractivity contribution in [3.05, 3.63) is 51.0 Å². The molecule has 2 heterocycles. The van der Waals surface area contributed by atoms with Crippen LogP contribution in [0.5, 0.6) is 0 Å². The van der Waals surface area contributed by atoms with E-state index in [2.05, 4.69) is 27.2 Å². The van der Waals surface area contributed by atoms with Crippen LogP contribution in [0.4, 0.5) is 0 Å². The lowest BCUT2D eigenvalue weighted by Gasteiger charge is -2.08. The van der Waals surface area contributed by atoms with Crippen LogP contribution in [0.3, 0.4) is 0 Å².